The number of hydrogen-bond donors (Lipinski definition) is 2. The predicted molar refractivity (Wildman–Crippen MR) is 128 cm³/mol. The summed E-state index contributed by atoms with van der Waals surface area (Å²) in [7, 11) is 1.63. The largest absolute Gasteiger partial charge is 0.493 e. The van der Waals surface area contributed by atoms with Crippen LogP contribution in [0.2, 0.25) is 0 Å². The molecule has 0 aliphatic heterocycles. The van der Waals surface area contributed by atoms with Crippen LogP contribution in [0.15, 0.2) is 47.6 Å². The van der Waals surface area contributed by atoms with E-state index in [1.165, 1.54) is 0 Å². The van der Waals surface area contributed by atoms with E-state index in [2.05, 4.69) is 38.0 Å². The van der Waals surface area contributed by atoms with Crippen molar-refractivity contribution in [2.45, 2.75) is 27.3 Å². The molecule has 1 aromatic carbocycles. The zero-order valence-corrected chi connectivity index (χ0v) is 19.6. The third-order valence-electron chi connectivity index (χ3n) is 4.22. The first kappa shape index (κ1) is 22.8. The maximum absolute atomic E-state index is 5.65. The second kappa shape index (κ2) is 10.9. The highest BCUT2D eigenvalue weighted by atomic mass is 127. The minimum atomic E-state index is 0. The highest BCUT2D eigenvalue weighted by Crippen LogP contribution is 2.30. The Balaban J connectivity index is 0.00000300. The first-order valence-corrected chi connectivity index (χ1v) is 9.44. The lowest BCUT2D eigenvalue weighted by Gasteiger charge is -2.14. The molecule has 0 radical (unpaired) electrons. The van der Waals surface area contributed by atoms with Crippen molar-refractivity contribution in [2.75, 3.05) is 25.6 Å². The second-order valence-corrected chi connectivity index (χ2v) is 6.25. The fourth-order valence-electron chi connectivity index (χ4n) is 2.90. The Morgan fingerprint density at radius 3 is 2.69 bits per heavy atom. The number of imidazole rings is 1. The number of pyridine rings is 1. The van der Waals surface area contributed by atoms with Crippen molar-refractivity contribution in [3.63, 3.8) is 0 Å². The van der Waals surface area contributed by atoms with Crippen LogP contribution >= 0.6 is 24.0 Å². The molecule has 0 saturated heterocycles. The molecule has 0 unspecified atom stereocenters. The van der Waals surface area contributed by atoms with Gasteiger partial charge in [-0.05, 0) is 45.0 Å². The highest BCUT2D eigenvalue weighted by molar-refractivity contribution is 14.0. The van der Waals surface area contributed by atoms with E-state index in [1.807, 2.05) is 50.4 Å². The Labute approximate surface area is 188 Å². The zero-order chi connectivity index (χ0) is 19.9. The van der Waals surface area contributed by atoms with Gasteiger partial charge in [-0.25, -0.2) is 9.98 Å². The summed E-state index contributed by atoms with van der Waals surface area (Å²) in [5.41, 5.74) is 3.86. The third-order valence-corrected chi connectivity index (χ3v) is 4.22. The van der Waals surface area contributed by atoms with E-state index in [0.717, 1.165) is 29.3 Å². The van der Waals surface area contributed by atoms with Crippen molar-refractivity contribution in [1.29, 1.82) is 0 Å². The van der Waals surface area contributed by atoms with Gasteiger partial charge in [0.05, 0.1) is 26.0 Å². The summed E-state index contributed by atoms with van der Waals surface area (Å²) in [6, 6.07) is 11.8. The van der Waals surface area contributed by atoms with Crippen molar-refractivity contribution < 1.29 is 9.47 Å². The molecule has 0 saturated carbocycles. The summed E-state index contributed by atoms with van der Waals surface area (Å²) in [6.45, 7) is 7.84. The van der Waals surface area contributed by atoms with E-state index in [0.29, 0.717) is 30.6 Å². The minimum Gasteiger partial charge on any atom is -0.493 e. The lowest BCUT2D eigenvalue weighted by Crippen LogP contribution is -2.30. The normalized spacial score (nSPS) is 11.1. The van der Waals surface area contributed by atoms with Crippen molar-refractivity contribution in [2.24, 2.45) is 4.99 Å². The first-order valence-electron chi connectivity index (χ1n) is 9.44. The quantitative estimate of drug-likeness (QED) is 0.283. The van der Waals surface area contributed by atoms with Crippen LogP contribution in [0, 0.1) is 6.92 Å². The Kier molecular flexibility index (Phi) is 8.56. The molecule has 0 bridgehead atoms. The Morgan fingerprint density at radius 1 is 1.17 bits per heavy atom. The number of aromatic nitrogens is 2. The minimum absolute atomic E-state index is 0. The van der Waals surface area contributed by atoms with Crippen molar-refractivity contribution >= 4 is 41.3 Å². The number of rotatable bonds is 7. The van der Waals surface area contributed by atoms with E-state index >= 15 is 0 Å². The van der Waals surface area contributed by atoms with Crippen LogP contribution in [-0.4, -0.2) is 35.6 Å². The number of methoxy groups -OCH3 is 1. The Morgan fingerprint density at radius 2 is 2.00 bits per heavy atom. The fourth-order valence-corrected chi connectivity index (χ4v) is 2.90. The fraction of sp³-hybridized carbons (Fsp3) is 0.333. The number of benzene rings is 1. The summed E-state index contributed by atoms with van der Waals surface area (Å²) < 4.78 is 13.1. The Bertz CT molecular complexity index is 971. The van der Waals surface area contributed by atoms with Crippen LogP contribution in [-0.2, 0) is 6.54 Å². The number of fused-ring (bicyclic) bond motifs is 1. The molecule has 3 aromatic rings. The molecule has 0 aliphatic carbocycles. The monoisotopic (exact) mass is 509 g/mol. The van der Waals surface area contributed by atoms with Crippen molar-refractivity contribution in [3.8, 4) is 11.5 Å². The predicted octanol–water partition coefficient (Wildman–Crippen LogP) is 4.25. The Hall–Kier alpha value is -2.49. The number of ether oxygens (including phenoxy) is 2. The summed E-state index contributed by atoms with van der Waals surface area (Å²) in [5.74, 6) is 2.08. The van der Waals surface area contributed by atoms with Gasteiger partial charge in [-0.3, -0.25) is 0 Å². The first-order chi connectivity index (χ1) is 13.6. The molecule has 3 rings (SSSR count). The van der Waals surface area contributed by atoms with Gasteiger partial charge in [0, 0.05) is 30.2 Å². The summed E-state index contributed by atoms with van der Waals surface area (Å²) in [5, 5.41) is 6.57. The van der Waals surface area contributed by atoms with Crippen LogP contribution in [0.5, 0.6) is 11.5 Å². The van der Waals surface area contributed by atoms with Gasteiger partial charge in [0.25, 0.3) is 0 Å². The van der Waals surface area contributed by atoms with E-state index in [9.17, 15) is 0 Å². The molecule has 0 amide bonds. The van der Waals surface area contributed by atoms with Gasteiger partial charge in [-0.1, -0.05) is 6.07 Å². The highest BCUT2D eigenvalue weighted by Gasteiger charge is 2.08. The number of nitrogens with zero attached hydrogens (tertiary/aromatic N) is 3. The van der Waals surface area contributed by atoms with E-state index < -0.39 is 0 Å². The average Bonchev–Trinajstić information content (AvgIpc) is 3.11. The molecule has 2 N–H and O–H groups in total. The molecular formula is C21H28IN5O2. The average molecular weight is 509 g/mol. The molecule has 7 nitrogen and oxygen atoms in total. The summed E-state index contributed by atoms with van der Waals surface area (Å²) in [4.78, 5) is 9.31. The van der Waals surface area contributed by atoms with Gasteiger partial charge < -0.3 is 24.5 Å². The maximum atomic E-state index is 5.65. The number of hydrogen-bond acceptors (Lipinski definition) is 4. The van der Waals surface area contributed by atoms with E-state index in [1.54, 1.807) is 7.11 Å². The van der Waals surface area contributed by atoms with Gasteiger partial charge in [0.15, 0.2) is 17.5 Å². The lowest BCUT2D eigenvalue weighted by atomic mass is 10.2. The number of halogens is 1. The number of nitrogens with one attached hydrogen (secondary N) is 2. The number of anilines is 1. The van der Waals surface area contributed by atoms with Gasteiger partial charge in [0.1, 0.15) is 5.65 Å². The van der Waals surface area contributed by atoms with Crippen LogP contribution < -0.4 is 20.1 Å². The molecule has 0 fully saturated rings. The molecule has 2 heterocycles. The number of aliphatic imine (C=N–C) groups is 1. The summed E-state index contributed by atoms with van der Waals surface area (Å²) >= 11 is 0. The molecule has 0 aliphatic rings. The van der Waals surface area contributed by atoms with Crippen LogP contribution in [0.25, 0.3) is 5.65 Å². The lowest BCUT2D eigenvalue weighted by molar-refractivity contribution is 0.311. The van der Waals surface area contributed by atoms with Crippen LogP contribution in [0.3, 0.4) is 0 Å². The molecule has 156 valence electrons. The summed E-state index contributed by atoms with van der Waals surface area (Å²) in [6.07, 6.45) is 2.03. The van der Waals surface area contributed by atoms with Gasteiger partial charge in [0.2, 0.25) is 0 Å². The molecule has 0 spiro atoms. The topological polar surface area (TPSA) is 72.2 Å². The number of aryl methyl sites for hydroxylation is 1. The molecule has 0 atom stereocenters. The van der Waals surface area contributed by atoms with Crippen molar-refractivity contribution in [1.82, 2.24) is 14.7 Å². The molecule has 8 heteroatoms. The third kappa shape index (κ3) is 5.75. The molecule has 29 heavy (non-hydrogen) atoms. The maximum Gasteiger partial charge on any atom is 0.196 e. The molecule has 2 aromatic heterocycles. The van der Waals surface area contributed by atoms with Gasteiger partial charge in [-0.2, -0.15) is 0 Å². The second-order valence-electron chi connectivity index (χ2n) is 6.25. The number of guanidine groups is 1. The van der Waals surface area contributed by atoms with Crippen LogP contribution in [0.1, 0.15) is 25.2 Å². The van der Waals surface area contributed by atoms with Gasteiger partial charge >= 0.3 is 0 Å². The van der Waals surface area contributed by atoms with E-state index in [-0.39, 0.29) is 24.0 Å². The SMILES string of the molecule is CCNC(=NCc1cn2c(C)cccc2n1)Nc1ccc(OC)c(OCC)c1.I. The van der Waals surface area contributed by atoms with Crippen LogP contribution in [0.4, 0.5) is 5.69 Å². The van der Waals surface area contributed by atoms with E-state index in [4.69, 9.17) is 9.47 Å². The molecular weight excluding hydrogens is 481 g/mol. The standard InChI is InChI=1S/C21H27N5O2.HI/c1-5-22-21(25-16-10-11-18(27-4)19(12-16)28-6-2)23-13-17-14-26-15(3)8-7-9-20(26)24-17;/h7-12,14H,5-6,13H2,1-4H3,(H2,22,23,25);1H. The zero-order valence-electron chi connectivity index (χ0n) is 17.2. The van der Waals surface area contributed by atoms with Crippen molar-refractivity contribution in [3.05, 3.63) is 54.0 Å². The smallest absolute Gasteiger partial charge is 0.196 e. The van der Waals surface area contributed by atoms with Gasteiger partial charge in [-0.15, -0.1) is 24.0 Å².